The normalized spacial score (nSPS) is 10.8. The fourth-order valence-electron chi connectivity index (χ4n) is 3.45. The van der Waals surface area contributed by atoms with Crippen LogP contribution in [0.15, 0.2) is 77.6 Å². The molecule has 0 unspecified atom stereocenters. The zero-order valence-corrected chi connectivity index (χ0v) is 16.3. The number of hydrogen-bond acceptors (Lipinski definition) is 3. The molecule has 144 valence electrons. The second kappa shape index (κ2) is 7.72. The summed E-state index contributed by atoms with van der Waals surface area (Å²) in [6.07, 6.45) is 0.316. The first-order valence-corrected chi connectivity index (χ1v) is 9.45. The van der Waals surface area contributed by atoms with Crippen LogP contribution < -0.4 is 10.9 Å². The van der Waals surface area contributed by atoms with Crippen LogP contribution >= 0.6 is 0 Å². The summed E-state index contributed by atoms with van der Waals surface area (Å²) in [6.45, 7) is 3.82. The number of nitrogens with zero attached hydrogens (tertiary/aromatic N) is 2. The highest BCUT2D eigenvalue weighted by Gasteiger charge is 2.10. The maximum Gasteiger partial charge on any atom is 0.265 e. The highest BCUT2D eigenvalue weighted by Crippen LogP contribution is 2.16. The number of carbonyl (C=O) groups is 1. The summed E-state index contributed by atoms with van der Waals surface area (Å²) < 4.78 is 1.58. The smallest absolute Gasteiger partial charge is 0.265 e. The van der Waals surface area contributed by atoms with Crippen molar-refractivity contribution >= 4 is 22.5 Å². The molecule has 0 aliphatic heterocycles. The lowest BCUT2D eigenvalue weighted by atomic mass is 10.1. The molecule has 3 aromatic carbocycles. The molecule has 0 atom stereocenters. The van der Waals surface area contributed by atoms with E-state index >= 15 is 0 Å². The van der Waals surface area contributed by atoms with Crippen LogP contribution in [0.3, 0.4) is 0 Å². The minimum atomic E-state index is -0.107. The van der Waals surface area contributed by atoms with Gasteiger partial charge in [0.05, 0.1) is 23.0 Å². The monoisotopic (exact) mass is 383 g/mol. The zero-order chi connectivity index (χ0) is 20.4. The molecule has 0 spiro atoms. The predicted octanol–water partition coefficient (Wildman–Crippen LogP) is 4.18. The zero-order valence-electron chi connectivity index (χ0n) is 16.3. The summed E-state index contributed by atoms with van der Waals surface area (Å²) in [5.74, 6) is 0.536. The molecule has 0 aliphatic carbocycles. The van der Waals surface area contributed by atoms with Gasteiger partial charge in [0.25, 0.3) is 5.56 Å². The van der Waals surface area contributed by atoms with Crippen LogP contribution in [0.4, 0.5) is 5.69 Å². The number of aromatic nitrogens is 2. The van der Waals surface area contributed by atoms with Crippen molar-refractivity contribution in [1.29, 1.82) is 0 Å². The predicted molar refractivity (Wildman–Crippen MR) is 116 cm³/mol. The van der Waals surface area contributed by atoms with E-state index in [1.807, 2.05) is 68.4 Å². The molecule has 0 aliphatic rings. The van der Waals surface area contributed by atoms with Crippen LogP contribution in [0.5, 0.6) is 0 Å². The van der Waals surface area contributed by atoms with Crippen LogP contribution in [-0.2, 0) is 11.2 Å². The Balaban J connectivity index is 1.56. The van der Waals surface area contributed by atoms with Crippen molar-refractivity contribution in [3.8, 4) is 5.69 Å². The third-order valence-electron chi connectivity index (χ3n) is 4.80. The lowest BCUT2D eigenvalue weighted by molar-refractivity contribution is -0.115. The number of fused-ring (bicyclic) bond motifs is 1. The second-order valence-electron chi connectivity index (χ2n) is 7.08. The van der Waals surface area contributed by atoms with Gasteiger partial charge < -0.3 is 5.32 Å². The molecule has 5 nitrogen and oxygen atoms in total. The Morgan fingerprint density at radius 1 is 0.966 bits per heavy atom. The van der Waals surface area contributed by atoms with Gasteiger partial charge in [-0.2, -0.15) is 0 Å². The summed E-state index contributed by atoms with van der Waals surface area (Å²) in [5, 5.41) is 3.48. The molecule has 1 amide bonds. The first-order chi connectivity index (χ1) is 14.0. The van der Waals surface area contributed by atoms with E-state index < -0.39 is 0 Å². The van der Waals surface area contributed by atoms with Crippen LogP contribution in [0.2, 0.25) is 0 Å². The average Bonchev–Trinajstić information content (AvgIpc) is 2.69. The van der Waals surface area contributed by atoms with E-state index in [-0.39, 0.29) is 11.5 Å². The molecule has 5 heteroatoms. The number of hydrogen-bond donors (Lipinski definition) is 1. The van der Waals surface area contributed by atoms with E-state index in [0.29, 0.717) is 34.5 Å². The summed E-state index contributed by atoms with van der Waals surface area (Å²) in [4.78, 5) is 29.8. The second-order valence-corrected chi connectivity index (χ2v) is 7.08. The SMILES string of the molecule is Cc1cccc(CC(=O)Nc2ccc(-n3c(C)nc4ccccc4c3=O)cc2)c1. The highest BCUT2D eigenvalue weighted by molar-refractivity contribution is 5.92. The number of benzene rings is 3. The molecule has 1 N–H and O–H groups in total. The molecular weight excluding hydrogens is 362 g/mol. The van der Waals surface area contributed by atoms with Crippen molar-refractivity contribution in [1.82, 2.24) is 9.55 Å². The lowest BCUT2D eigenvalue weighted by Gasteiger charge is -2.12. The van der Waals surface area contributed by atoms with Gasteiger partial charge in [-0.1, -0.05) is 42.0 Å². The fraction of sp³-hybridized carbons (Fsp3) is 0.125. The third kappa shape index (κ3) is 3.94. The van der Waals surface area contributed by atoms with E-state index in [1.165, 1.54) is 0 Å². The minimum absolute atomic E-state index is 0.0796. The number of carbonyl (C=O) groups excluding carboxylic acids is 1. The largest absolute Gasteiger partial charge is 0.326 e. The molecule has 29 heavy (non-hydrogen) atoms. The van der Waals surface area contributed by atoms with Crippen molar-refractivity contribution in [3.05, 3.63) is 100 Å². The first kappa shape index (κ1) is 18.6. The Morgan fingerprint density at radius 3 is 2.48 bits per heavy atom. The molecule has 0 bridgehead atoms. The van der Waals surface area contributed by atoms with E-state index in [2.05, 4.69) is 10.3 Å². The molecule has 0 fully saturated rings. The highest BCUT2D eigenvalue weighted by atomic mass is 16.1. The molecule has 4 aromatic rings. The van der Waals surface area contributed by atoms with Gasteiger partial charge in [-0.25, -0.2) is 4.98 Å². The average molecular weight is 383 g/mol. The molecule has 0 saturated carbocycles. The Kier molecular flexibility index (Phi) is 4.96. The van der Waals surface area contributed by atoms with Crippen molar-refractivity contribution in [2.75, 3.05) is 5.32 Å². The first-order valence-electron chi connectivity index (χ1n) is 9.45. The number of para-hydroxylation sites is 1. The quantitative estimate of drug-likeness (QED) is 0.575. The van der Waals surface area contributed by atoms with Crippen LogP contribution in [0.1, 0.15) is 17.0 Å². The van der Waals surface area contributed by atoms with Crippen molar-refractivity contribution in [2.24, 2.45) is 0 Å². The van der Waals surface area contributed by atoms with Crippen LogP contribution in [0, 0.1) is 13.8 Å². The summed E-state index contributed by atoms with van der Waals surface area (Å²) in [7, 11) is 0. The standard InChI is InChI=1S/C24H21N3O2/c1-16-6-5-7-18(14-16)15-23(28)26-19-10-12-20(13-11-19)27-17(2)25-22-9-4-3-8-21(22)24(27)29/h3-14H,15H2,1-2H3,(H,26,28). The third-order valence-corrected chi connectivity index (χ3v) is 4.80. The number of nitrogens with one attached hydrogen (secondary N) is 1. The summed E-state index contributed by atoms with van der Waals surface area (Å²) >= 11 is 0. The maximum atomic E-state index is 12.9. The fourth-order valence-corrected chi connectivity index (χ4v) is 3.45. The Labute approximate surface area is 168 Å². The van der Waals surface area contributed by atoms with Crippen LogP contribution in [-0.4, -0.2) is 15.5 Å². The molecule has 0 radical (unpaired) electrons. The van der Waals surface area contributed by atoms with Gasteiger partial charge in [0.15, 0.2) is 0 Å². The van der Waals surface area contributed by atoms with Gasteiger partial charge in [-0.15, -0.1) is 0 Å². The van der Waals surface area contributed by atoms with E-state index in [0.717, 1.165) is 11.1 Å². The Morgan fingerprint density at radius 2 is 1.72 bits per heavy atom. The lowest BCUT2D eigenvalue weighted by Crippen LogP contribution is -2.22. The van der Waals surface area contributed by atoms with E-state index in [4.69, 9.17) is 0 Å². The Bertz CT molecular complexity index is 1260. The van der Waals surface area contributed by atoms with Gasteiger partial charge in [0.2, 0.25) is 5.91 Å². The van der Waals surface area contributed by atoms with E-state index in [1.54, 1.807) is 22.8 Å². The van der Waals surface area contributed by atoms with Crippen molar-refractivity contribution in [3.63, 3.8) is 0 Å². The number of amides is 1. The van der Waals surface area contributed by atoms with Gasteiger partial charge in [0.1, 0.15) is 5.82 Å². The minimum Gasteiger partial charge on any atom is -0.326 e. The van der Waals surface area contributed by atoms with Gasteiger partial charge >= 0.3 is 0 Å². The van der Waals surface area contributed by atoms with Crippen LogP contribution in [0.25, 0.3) is 16.6 Å². The van der Waals surface area contributed by atoms with Gasteiger partial charge in [0, 0.05) is 5.69 Å². The maximum absolute atomic E-state index is 12.9. The number of anilines is 1. The van der Waals surface area contributed by atoms with Gasteiger partial charge in [-0.3, -0.25) is 14.2 Å². The Hall–Kier alpha value is -3.73. The van der Waals surface area contributed by atoms with E-state index in [9.17, 15) is 9.59 Å². The van der Waals surface area contributed by atoms with Crippen molar-refractivity contribution in [2.45, 2.75) is 20.3 Å². The molecular formula is C24H21N3O2. The summed E-state index contributed by atoms with van der Waals surface area (Å²) in [5.41, 5.74) is 4.08. The molecule has 0 saturated heterocycles. The number of rotatable bonds is 4. The molecule has 1 aromatic heterocycles. The molecule has 4 rings (SSSR count). The summed E-state index contributed by atoms with van der Waals surface area (Å²) in [6, 6.07) is 22.4. The van der Waals surface area contributed by atoms with Crippen molar-refractivity contribution < 1.29 is 4.79 Å². The number of aryl methyl sites for hydroxylation is 2. The molecule has 1 heterocycles. The topological polar surface area (TPSA) is 64.0 Å². The van der Waals surface area contributed by atoms with Gasteiger partial charge in [-0.05, 0) is 55.8 Å².